The average Bonchev–Trinajstić information content (AvgIpc) is 2.85. The van der Waals surface area contributed by atoms with E-state index in [0.29, 0.717) is 6.54 Å². The van der Waals surface area contributed by atoms with E-state index in [0.717, 1.165) is 34.6 Å². The molecule has 19 heavy (non-hydrogen) atoms. The molecule has 1 aromatic heterocycles. The lowest BCUT2D eigenvalue weighted by atomic mass is 9.96. The molecule has 0 atom stereocenters. The molecule has 0 radical (unpaired) electrons. The monoisotopic (exact) mass is 344 g/mol. The third-order valence-electron chi connectivity index (χ3n) is 3.42. The van der Waals surface area contributed by atoms with Gasteiger partial charge in [-0.3, -0.25) is 14.5 Å². The number of carbonyl (C=O) groups is 2. The van der Waals surface area contributed by atoms with Gasteiger partial charge in [-0.25, -0.2) is 0 Å². The van der Waals surface area contributed by atoms with Crippen LogP contribution >= 0.6 is 27.3 Å². The summed E-state index contributed by atoms with van der Waals surface area (Å²) < 4.78 is 0.981. The smallest absolute Gasteiger partial charge is 0.222 e. The number of hydrogen-bond donors (Lipinski definition) is 1. The Morgan fingerprint density at radius 2 is 2.11 bits per heavy atom. The Hall–Kier alpha value is -0.720. The van der Waals surface area contributed by atoms with Crippen LogP contribution in [0.5, 0.6) is 0 Å². The number of halogens is 1. The highest BCUT2D eigenvalue weighted by Crippen LogP contribution is 2.23. The molecular weight excluding hydrogens is 328 g/mol. The molecule has 1 saturated heterocycles. The van der Waals surface area contributed by atoms with Crippen LogP contribution in [0.2, 0.25) is 0 Å². The van der Waals surface area contributed by atoms with E-state index in [-0.39, 0.29) is 17.6 Å². The van der Waals surface area contributed by atoms with E-state index in [1.165, 1.54) is 11.3 Å². The van der Waals surface area contributed by atoms with Gasteiger partial charge in [0.2, 0.25) is 5.91 Å². The van der Waals surface area contributed by atoms with Gasteiger partial charge < -0.3 is 5.32 Å². The highest BCUT2D eigenvalue weighted by Gasteiger charge is 2.25. The summed E-state index contributed by atoms with van der Waals surface area (Å²) in [7, 11) is 1.67. The summed E-state index contributed by atoms with van der Waals surface area (Å²) in [5.74, 6) is 0.384. The van der Waals surface area contributed by atoms with E-state index in [4.69, 9.17) is 0 Å². The zero-order valence-corrected chi connectivity index (χ0v) is 13.2. The molecule has 104 valence electrons. The van der Waals surface area contributed by atoms with Crippen molar-refractivity contribution >= 4 is 39.0 Å². The van der Waals surface area contributed by atoms with Crippen LogP contribution in [0.1, 0.15) is 22.5 Å². The largest absolute Gasteiger partial charge is 0.359 e. The van der Waals surface area contributed by atoms with Gasteiger partial charge in [0, 0.05) is 13.0 Å². The van der Waals surface area contributed by atoms with Gasteiger partial charge in [-0.2, -0.15) is 0 Å². The lowest BCUT2D eigenvalue weighted by molar-refractivity contribution is -0.125. The molecule has 1 aliphatic rings. The lowest BCUT2D eigenvalue weighted by Gasteiger charge is -2.30. The molecule has 1 aliphatic heterocycles. The Morgan fingerprint density at radius 1 is 1.42 bits per heavy atom. The summed E-state index contributed by atoms with van der Waals surface area (Å²) in [5, 5.41) is 2.69. The fourth-order valence-electron chi connectivity index (χ4n) is 2.30. The van der Waals surface area contributed by atoms with Crippen molar-refractivity contribution in [1.82, 2.24) is 10.2 Å². The van der Waals surface area contributed by atoms with Gasteiger partial charge in [-0.05, 0) is 54.0 Å². The SMILES string of the molecule is CNC(=O)C1CCN(CC(=O)c2ccc(Br)s2)CC1. The van der Waals surface area contributed by atoms with E-state index < -0.39 is 0 Å². The number of hydrogen-bond acceptors (Lipinski definition) is 4. The second kappa shape index (κ2) is 6.63. The number of piperidine rings is 1. The van der Waals surface area contributed by atoms with Crippen LogP contribution in [0.25, 0.3) is 0 Å². The molecule has 0 aliphatic carbocycles. The van der Waals surface area contributed by atoms with Crippen molar-refractivity contribution < 1.29 is 9.59 Å². The Labute approximate surface area is 125 Å². The summed E-state index contributed by atoms with van der Waals surface area (Å²) in [4.78, 5) is 26.5. The van der Waals surface area contributed by atoms with Crippen molar-refractivity contribution in [1.29, 1.82) is 0 Å². The normalized spacial score (nSPS) is 17.4. The van der Waals surface area contributed by atoms with Crippen LogP contribution < -0.4 is 5.32 Å². The minimum atomic E-state index is 0.104. The lowest BCUT2D eigenvalue weighted by Crippen LogP contribution is -2.41. The molecule has 1 aromatic rings. The molecule has 6 heteroatoms. The van der Waals surface area contributed by atoms with Crippen LogP contribution in [-0.4, -0.2) is 43.3 Å². The summed E-state index contributed by atoms with van der Waals surface area (Å²) in [6, 6.07) is 3.75. The van der Waals surface area contributed by atoms with Gasteiger partial charge >= 0.3 is 0 Å². The van der Waals surface area contributed by atoms with E-state index in [2.05, 4.69) is 26.1 Å². The Bertz CT molecular complexity index is 467. The molecule has 0 bridgehead atoms. The van der Waals surface area contributed by atoms with Crippen LogP contribution in [-0.2, 0) is 4.79 Å². The molecule has 0 aromatic carbocycles. The third kappa shape index (κ3) is 3.87. The molecule has 0 saturated carbocycles. The van der Waals surface area contributed by atoms with Gasteiger partial charge in [0.25, 0.3) is 0 Å². The van der Waals surface area contributed by atoms with Crippen LogP contribution in [0.15, 0.2) is 15.9 Å². The number of likely N-dealkylation sites (tertiary alicyclic amines) is 1. The second-order valence-electron chi connectivity index (χ2n) is 4.69. The van der Waals surface area contributed by atoms with Crippen LogP contribution in [0.4, 0.5) is 0 Å². The molecular formula is C13H17BrN2O2S. The Morgan fingerprint density at radius 3 is 2.63 bits per heavy atom. The Balaban J connectivity index is 1.82. The predicted octanol–water partition coefficient (Wildman–Crippen LogP) is 2.15. The van der Waals surface area contributed by atoms with E-state index in [1.807, 2.05) is 12.1 Å². The first-order valence-corrected chi connectivity index (χ1v) is 7.93. The summed E-state index contributed by atoms with van der Waals surface area (Å²) in [5.41, 5.74) is 0. The fourth-order valence-corrected chi connectivity index (χ4v) is 3.62. The maximum Gasteiger partial charge on any atom is 0.222 e. The first-order valence-electron chi connectivity index (χ1n) is 6.32. The fraction of sp³-hybridized carbons (Fsp3) is 0.538. The van der Waals surface area contributed by atoms with E-state index in [1.54, 1.807) is 7.05 Å². The number of nitrogens with zero attached hydrogens (tertiary/aromatic N) is 1. The molecule has 1 N–H and O–H groups in total. The number of Topliss-reactive ketones (excluding diaryl/α,β-unsaturated/α-hetero) is 1. The number of nitrogens with one attached hydrogen (secondary N) is 1. The number of ketones is 1. The molecule has 0 spiro atoms. The third-order valence-corrected chi connectivity index (χ3v) is 5.08. The van der Waals surface area contributed by atoms with Gasteiger partial charge in [0.15, 0.2) is 5.78 Å². The number of carbonyl (C=O) groups excluding carboxylic acids is 2. The number of thiophene rings is 1. The molecule has 0 unspecified atom stereocenters. The van der Waals surface area contributed by atoms with Gasteiger partial charge in [-0.15, -0.1) is 11.3 Å². The topological polar surface area (TPSA) is 49.4 Å². The minimum absolute atomic E-state index is 0.104. The average molecular weight is 345 g/mol. The molecule has 2 heterocycles. The van der Waals surface area contributed by atoms with Gasteiger partial charge in [-0.1, -0.05) is 0 Å². The van der Waals surface area contributed by atoms with Crippen molar-refractivity contribution in [2.75, 3.05) is 26.7 Å². The molecule has 1 amide bonds. The molecule has 2 rings (SSSR count). The van der Waals surface area contributed by atoms with Crippen molar-refractivity contribution in [3.05, 3.63) is 20.8 Å². The maximum absolute atomic E-state index is 12.1. The highest BCUT2D eigenvalue weighted by molar-refractivity contribution is 9.11. The van der Waals surface area contributed by atoms with E-state index >= 15 is 0 Å². The summed E-state index contributed by atoms with van der Waals surface area (Å²) in [6.45, 7) is 2.08. The second-order valence-corrected chi connectivity index (χ2v) is 7.15. The van der Waals surface area contributed by atoms with Crippen molar-refractivity contribution in [2.45, 2.75) is 12.8 Å². The highest BCUT2D eigenvalue weighted by atomic mass is 79.9. The number of rotatable bonds is 4. The minimum Gasteiger partial charge on any atom is -0.359 e. The van der Waals surface area contributed by atoms with E-state index in [9.17, 15) is 9.59 Å². The van der Waals surface area contributed by atoms with Crippen LogP contribution in [0, 0.1) is 5.92 Å². The van der Waals surface area contributed by atoms with Crippen LogP contribution in [0.3, 0.4) is 0 Å². The first-order chi connectivity index (χ1) is 9.10. The van der Waals surface area contributed by atoms with Crippen molar-refractivity contribution in [2.24, 2.45) is 5.92 Å². The molecule has 1 fully saturated rings. The zero-order valence-electron chi connectivity index (χ0n) is 10.8. The molecule has 4 nitrogen and oxygen atoms in total. The summed E-state index contributed by atoms with van der Waals surface area (Å²) >= 11 is 4.84. The quantitative estimate of drug-likeness (QED) is 0.851. The predicted molar refractivity (Wildman–Crippen MR) is 79.6 cm³/mol. The van der Waals surface area contributed by atoms with Gasteiger partial charge in [0.05, 0.1) is 15.2 Å². The van der Waals surface area contributed by atoms with Crippen molar-refractivity contribution in [3.8, 4) is 0 Å². The standard InChI is InChI=1S/C13H17BrN2O2S/c1-15-13(18)9-4-6-16(7-5-9)8-10(17)11-2-3-12(14)19-11/h2-3,9H,4-8H2,1H3,(H,15,18). The summed E-state index contributed by atoms with van der Waals surface area (Å²) in [6.07, 6.45) is 1.67. The first kappa shape index (κ1) is 14.7. The van der Waals surface area contributed by atoms with Gasteiger partial charge in [0.1, 0.15) is 0 Å². The van der Waals surface area contributed by atoms with Crippen molar-refractivity contribution in [3.63, 3.8) is 0 Å². The number of amides is 1. The zero-order chi connectivity index (χ0) is 13.8. The Kier molecular flexibility index (Phi) is 5.13. The maximum atomic E-state index is 12.1.